The molecule has 1 atom stereocenters. The van der Waals surface area contributed by atoms with E-state index in [4.69, 9.17) is 4.74 Å². The van der Waals surface area contributed by atoms with Gasteiger partial charge in [0, 0.05) is 16.6 Å². The van der Waals surface area contributed by atoms with Gasteiger partial charge in [0.2, 0.25) is 0 Å². The summed E-state index contributed by atoms with van der Waals surface area (Å²) in [5.41, 5.74) is -0.620. The lowest BCUT2D eigenvalue weighted by Gasteiger charge is -2.22. The number of carbonyl (C=O) groups excluding carboxylic acids is 2. The number of methoxy groups -OCH3 is 1. The molecule has 6 heteroatoms. The van der Waals surface area contributed by atoms with Crippen LogP contribution in [0.1, 0.15) is 22.3 Å². The lowest BCUT2D eigenvalue weighted by Crippen LogP contribution is -2.42. The Balaban J connectivity index is 2.03. The SMILES string of the molecule is C=CCN1C(=O)[C@@](O)(CC(=O)c2ccccc2OC)c2cc(Br)ccc21. The predicted molar refractivity (Wildman–Crippen MR) is 103 cm³/mol. The molecule has 1 aliphatic rings. The summed E-state index contributed by atoms with van der Waals surface area (Å²) in [5.74, 6) is -0.498. The molecule has 1 amide bonds. The predicted octanol–water partition coefficient (Wildman–Crippen LogP) is 3.45. The summed E-state index contributed by atoms with van der Waals surface area (Å²) in [4.78, 5) is 27.2. The number of amides is 1. The van der Waals surface area contributed by atoms with Crippen molar-refractivity contribution in [1.29, 1.82) is 0 Å². The van der Waals surface area contributed by atoms with Crippen LogP contribution < -0.4 is 9.64 Å². The van der Waals surface area contributed by atoms with E-state index in [1.807, 2.05) is 0 Å². The van der Waals surface area contributed by atoms with E-state index >= 15 is 0 Å². The largest absolute Gasteiger partial charge is 0.496 e. The third kappa shape index (κ3) is 2.95. The van der Waals surface area contributed by atoms with E-state index in [0.29, 0.717) is 27.0 Å². The van der Waals surface area contributed by atoms with E-state index in [9.17, 15) is 14.7 Å². The van der Waals surface area contributed by atoms with Gasteiger partial charge in [-0.15, -0.1) is 6.58 Å². The zero-order chi connectivity index (χ0) is 18.9. The Kier molecular flexibility index (Phi) is 4.98. The molecular weight excluding hydrogens is 398 g/mol. The van der Waals surface area contributed by atoms with E-state index in [1.165, 1.54) is 12.0 Å². The first-order valence-corrected chi connectivity index (χ1v) is 8.83. The van der Waals surface area contributed by atoms with Crippen molar-refractivity contribution in [3.05, 3.63) is 70.7 Å². The number of ketones is 1. The molecule has 26 heavy (non-hydrogen) atoms. The number of anilines is 1. The number of aliphatic hydroxyl groups is 1. The quantitative estimate of drug-likeness (QED) is 0.579. The van der Waals surface area contributed by atoms with Gasteiger partial charge in [0.15, 0.2) is 11.4 Å². The van der Waals surface area contributed by atoms with Crippen LogP contribution in [0.3, 0.4) is 0 Å². The summed E-state index contributed by atoms with van der Waals surface area (Å²) >= 11 is 3.36. The van der Waals surface area contributed by atoms with Gasteiger partial charge < -0.3 is 14.7 Å². The van der Waals surface area contributed by atoms with Gasteiger partial charge in [-0.2, -0.15) is 0 Å². The number of para-hydroxylation sites is 1. The van der Waals surface area contributed by atoms with Crippen LogP contribution in [0.25, 0.3) is 0 Å². The maximum atomic E-state index is 12.9. The minimum atomic E-state index is -1.93. The highest BCUT2D eigenvalue weighted by atomic mass is 79.9. The van der Waals surface area contributed by atoms with Crippen LogP contribution in [0.4, 0.5) is 5.69 Å². The maximum Gasteiger partial charge on any atom is 0.264 e. The molecule has 0 bridgehead atoms. The van der Waals surface area contributed by atoms with Crippen molar-refractivity contribution in [3.63, 3.8) is 0 Å². The monoisotopic (exact) mass is 415 g/mol. The number of ether oxygens (including phenoxy) is 1. The second-order valence-electron chi connectivity index (χ2n) is 6.03. The Bertz CT molecular complexity index is 895. The lowest BCUT2D eigenvalue weighted by atomic mass is 9.88. The molecule has 0 aliphatic carbocycles. The fourth-order valence-corrected chi connectivity index (χ4v) is 3.57. The first-order chi connectivity index (χ1) is 12.4. The Morgan fingerprint density at radius 2 is 2.08 bits per heavy atom. The summed E-state index contributed by atoms with van der Waals surface area (Å²) in [6.07, 6.45) is 1.21. The number of nitrogens with zero attached hydrogens (tertiary/aromatic N) is 1. The van der Waals surface area contributed by atoms with Gasteiger partial charge in [-0.25, -0.2) is 0 Å². The summed E-state index contributed by atoms with van der Waals surface area (Å²) in [6, 6.07) is 12.0. The standard InChI is InChI=1S/C20H18BrNO4/c1-3-10-22-16-9-8-13(21)11-15(16)20(25,19(22)24)12-17(23)14-6-4-5-7-18(14)26-2/h3-9,11,25H,1,10,12H2,2H3/t20-/m1/s1. The summed E-state index contributed by atoms with van der Waals surface area (Å²) < 4.78 is 5.94. The molecule has 0 fully saturated rings. The molecule has 5 nitrogen and oxygen atoms in total. The molecule has 0 saturated heterocycles. The third-order valence-corrected chi connectivity index (χ3v) is 4.92. The second-order valence-corrected chi connectivity index (χ2v) is 6.94. The number of hydrogen-bond donors (Lipinski definition) is 1. The lowest BCUT2D eigenvalue weighted by molar-refractivity contribution is -0.135. The van der Waals surface area contributed by atoms with E-state index in [2.05, 4.69) is 22.5 Å². The fraction of sp³-hybridized carbons (Fsp3) is 0.200. The van der Waals surface area contributed by atoms with Crippen LogP contribution in [-0.2, 0) is 10.4 Å². The van der Waals surface area contributed by atoms with Crippen LogP contribution in [0, 0.1) is 0 Å². The zero-order valence-corrected chi connectivity index (χ0v) is 15.8. The first-order valence-electron chi connectivity index (χ1n) is 8.04. The van der Waals surface area contributed by atoms with Gasteiger partial charge in [0.1, 0.15) is 5.75 Å². The summed E-state index contributed by atoms with van der Waals surface area (Å²) in [5, 5.41) is 11.2. The number of halogens is 1. The number of benzene rings is 2. The maximum absolute atomic E-state index is 12.9. The third-order valence-electron chi connectivity index (χ3n) is 4.43. The Hall–Kier alpha value is -2.44. The van der Waals surface area contributed by atoms with Crippen LogP contribution >= 0.6 is 15.9 Å². The smallest absolute Gasteiger partial charge is 0.264 e. The highest BCUT2D eigenvalue weighted by Gasteiger charge is 2.50. The van der Waals surface area contributed by atoms with Gasteiger partial charge in [0.05, 0.1) is 24.8 Å². The number of Topliss-reactive ketones (excluding diaryl/α,β-unsaturated/α-hetero) is 1. The Labute approximate surface area is 160 Å². The van der Waals surface area contributed by atoms with Crippen molar-refractivity contribution in [1.82, 2.24) is 0 Å². The van der Waals surface area contributed by atoms with Crippen molar-refractivity contribution in [2.45, 2.75) is 12.0 Å². The minimum Gasteiger partial charge on any atom is -0.496 e. The average Bonchev–Trinajstić information content (AvgIpc) is 2.83. The van der Waals surface area contributed by atoms with Gasteiger partial charge in [-0.05, 0) is 30.3 Å². The van der Waals surface area contributed by atoms with Crippen molar-refractivity contribution in [3.8, 4) is 5.75 Å². The van der Waals surface area contributed by atoms with Gasteiger partial charge in [0.25, 0.3) is 5.91 Å². The first kappa shape index (κ1) is 18.4. The van der Waals surface area contributed by atoms with Crippen molar-refractivity contribution < 1.29 is 19.4 Å². The van der Waals surface area contributed by atoms with E-state index in [-0.39, 0.29) is 18.7 Å². The number of fused-ring (bicyclic) bond motifs is 1. The number of carbonyl (C=O) groups is 2. The van der Waals surface area contributed by atoms with Crippen molar-refractivity contribution >= 4 is 33.3 Å². The molecule has 2 aromatic rings. The second kappa shape index (κ2) is 7.05. The molecule has 134 valence electrons. The molecule has 0 spiro atoms. The highest BCUT2D eigenvalue weighted by Crippen LogP contribution is 2.44. The molecule has 2 aromatic carbocycles. The molecule has 1 heterocycles. The molecule has 0 saturated carbocycles. The van der Waals surface area contributed by atoms with Gasteiger partial charge >= 0.3 is 0 Å². The van der Waals surface area contributed by atoms with E-state index in [0.717, 1.165) is 0 Å². The fourth-order valence-electron chi connectivity index (χ4n) is 3.21. The Morgan fingerprint density at radius 3 is 2.77 bits per heavy atom. The van der Waals surface area contributed by atoms with Gasteiger partial charge in [-0.3, -0.25) is 9.59 Å². The minimum absolute atomic E-state index is 0.249. The van der Waals surface area contributed by atoms with E-state index < -0.39 is 11.5 Å². The number of hydrogen-bond acceptors (Lipinski definition) is 4. The van der Waals surface area contributed by atoms with E-state index in [1.54, 1.807) is 48.5 Å². The normalized spacial score (nSPS) is 18.6. The van der Waals surface area contributed by atoms with Crippen LogP contribution in [0.5, 0.6) is 5.75 Å². The molecule has 1 aliphatic heterocycles. The van der Waals surface area contributed by atoms with Crippen LogP contribution in [-0.4, -0.2) is 30.5 Å². The number of rotatable bonds is 6. The molecule has 1 N–H and O–H groups in total. The molecule has 0 aromatic heterocycles. The van der Waals surface area contributed by atoms with Crippen LogP contribution in [0.15, 0.2) is 59.6 Å². The molecule has 3 rings (SSSR count). The highest BCUT2D eigenvalue weighted by molar-refractivity contribution is 9.10. The molecular formula is C20H18BrNO4. The zero-order valence-electron chi connectivity index (χ0n) is 14.2. The Morgan fingerprint density at radius 1 is 1.35 bits per heavy atom. The van der Waals surface area contributed by atoms with Gasteiger partial charge in [-0.1, -0.05) is 34.1 Å². The van der Waals surface area contributed by atoms with Crippen molar-refractivity contribution in [2.24, 2.45) is 0 Å². The van der Waals surface area contributed by atoms with Crippen molar-refractivity contribution in [2.75, 3.05) is 18.6 Å². The topological polar surface area (TPSA) is 66.8 Å². The summed E-state index contributed by atoms with van der Waals surface area (Å²) in [6.45, 7) is 3.91. The summed E-state index contributed by atoms with van der Waals surface area (Å²) in [7, 11) is 1.47. The average molecular weight is 416 g/mol. The van der Waals surface area contributed by atoms with Crippen LogP contribution in [0.2, 0.25) is 0 Å². The molecule has 0 unspecified atom stereocenters. The molecule has 0 radical (unpaired) electrons.